The van der Waals surface area contributed by atoms with Crippen LogP contribution in [-0.4, -0.2) is 7.05 Å². The van der Waals surface area contributed by atoms with Crippen LogP contribution in [0.2, 0.25) is 0 Å². The van der Waals surface area contributed by atoms with Gasteiger partial charge >= 0.3 is 0 Å². The highest BCUT2D eigenvalue weighted by atomic mass is 15.2. The van der Waals surface area contributed by atoms with Crippen molar-refractivity contribution in [2.24, 2.45) is 0 Å². The molecular weight excluding hydrogens is 593 g/mol. The largest absolute Gasteiger partial charge is 0.347 e. The van der Waals surface area contributed by atoms with Gasteiger partial charge in [0.15, 0.2) is 0 Å². The van der Waals surface area contributed by atoms with E-state index >= 15 is 0 Å². The first-order valence-electron chi connectivity index (χ1n) is 17.1. The SMILES string of the molecule is C=C(C=C(C#N)C=C1N(C)c2ccc3ccccc3c2C1(C)Cc1ccccc1)C(C)(Cc1ccccc1)c1c(C)ccc2ccccc12. The number of rotatable bonds is 8. The zero-order chi connectivity index (χ0) is 34.2. The maximum atomic E-state index is 10.8. The summed E-state index contributed by atoms with van der Waals surface area (Å²) in [5, 5.41) is 15.7. The van der Waals surface area contributed by atoms with E-state index in [-0.39, 0.29) is 5.41 Å². The zero-order valence-corrected chi connectivity index (χ0v) is 28.9. The van der Waals surface area contributed by atoms with Gasteiger partial charge in [0.25, 0.3) is 0 Å². The third-order valence-corrected chi connectivity index (χ3v) is 10.7. The molecule has 240 valence electrons. The summed E-state index contributed by atoms with van der Waals surface area (Å²) in [4.78, 5) is 2.29. The van der Waals surface area contributed by atoms with Gasteiger partial charge in [0.05, 0.1) is 11.6 Å². The van der Waals surface area contributed by atoms with Gasteiger partial charge < -0.3 is 4.90 Å². The summed E-state index contributed by atoms with van der Waals surface area (Å²) in [6.07, 6.45) is 5.72. The van der Waals surface area contributed by atoms with E-state index in [4.69, 9.17) is 6.58 Å². The molecule has 0 amide bonds. The summed E-state index contributed by atoms with van der Waals surface area (Å²) in [6.45, 7) is 11.6. The quantitative estimate of drug-likeness (QED) is 0.123. The second-order valence-corrected chi connectivity index (χ2v) is 14.0. The fourth-order valence-electron chi connectivity index (χ4n) is 8.27. The Kier molecular flexibility index (Phi) is 8.31. The predicted molar refractivity (Wildman–Crippen MR) is 207 cm³/mol. The normalized spacial score (nSPS) is 18.0. The number of likely N-dealkylation sites (N-methyl/N-ethyl adjacent to an activating group) is 1. The molecule has 6 aromatic rings. The van der Waals surface area contributed by atoms with Gasteiger partial charge in [-0.25, -0.2) is 0 Å². The van der Waals surface area contributed by atoms with Crippen LogP contribution >= 0.6 is 0 Å². The Morgan fingerprint density at radius 1 is 0.776 bits per heavy atom. The lowest BCUT2D eigenvalue weighted by Gasteiger charge is -2.34. The highest BCUT2D eigenvalue weighted by Gasteiger charge is 2.44. The van der Waals surface area contributed by atoms with Gasteiger partial charge in [0.2, 0.25) is 0 Å². The minimum atomic E-state index is -0.471. The number of hydrogen-bond donors (Lipinski definition) is 0. The van der Waals surface area contributed by atoms with Crippen molar-refractivity contribution < 1.29 is 0 Å². The number of nitriles is 1. The molecule has 6 aromatic carbocycles. The lowest BCUT2D eigenvalue weighted by molar-refractivity contribution is 0.568. The molecule has 0 aromatic heterocycles. The average molecular weight is 635 g/mol. The molecule has 1 heterocycles. The van der Waals surface area contributed by atoms with Crippen LogP contribution < -0.4 is 4.90 Å². The highest BCUT2D eigenvalue weighted by Crippen LogP contribution is 2.52. The van der Waals surface area contributed by atoms with E-state index in [2.05, 4.69) is 178 Å². The van der Waals surface area contributed by atoms with Crippen molar-refractivity contribution in [1.29, 1.82) is 5.26 Å². The lowest BCUT2D eigenvalue weighted by atomic mass is 9.68. The monoisotopic (exact) mass is 634 g/mol. The van der Waals surface area contributed by atoms with E-state index in [1.807, 2.05) is 6.08 Å². The molecule has 0 fully saturated rings. The fourth-order valence-corrected chi connectivity index (χ4v) is 8.27. The summed E-state index contributed by atoms with van der Waals surface area (Å²) in [5.74, 6) is 0. The van der Waals surface area contributed by atoms with Gasteiger partial charge in [-0.1, -0.05) is 141 Å². The van der Waals surface area contributed by atoms with Crippen molar-refractivity contribution in [3.63, 3.8) is 0 Å². The van der Waals surface area contributed by atoms with Gasteiger partial charge in [-0.05, 0) is 99.8 Å². The Balaban J connectivity index is 1.39. The van der Waals surface area contributed by atoms with Crippen LogP contribution in [0.4, 0.5) is 5.69 Å². The van der Waals surface area contributed by atoms with Gasteiger partial charge in [-0.15, -0.1) is 0 Å². The van der Waals surface area contributed by atoms with Crippen molar-refractivity contribution in [3.05, 3.63) is 197 Å². The van der Waals surface area contributed by atoms with Crippen molar-refractivity contribution in [2.45, 2.75) is 44.4 Å². The Bertz CT molecular complexity index is 2300. The van der Waals surface area contributed by atoms with Gasteiger partial charge in [0, 0.05) is 29.3 Å². The molecule has 1 aliphatic rings. The Hall–Kier alpha value is -5.65. The van der Waals surface area contributed by atoms with E-state index in [0.29, 0.717) is 5.57 Å². The minimum Gasteiger partial charge on any atom is -0.347 e. The number of aryl methyl sites for hydroxylation is 1. The second-order valence-electron chi connectivity index (χ2n) is 14.0. The number of allylic oxidation sites excluding steroid dienone is 5. The number of benzene rings is 6. The second kappa shape index (κ2) is 12.8. The van der Waals surface area contributed by atoms with Gasteiger partial charge in [-0.3, -0.25) is 0 Å². The molecule has 0 N–H and O–H groups in total. The molecule has 0 radical (unpaired) electrons. The molecule has 2 unspecified atom stereocenters. The fraction of sp³-hybridized carbons (Fsp3) is 0.170. The minimum absolute atomic E-state index is 0.372. The van der Waals surface area contributed by atoms with Crippen LogP contribution in [-0.2, 0) is 23.7 Å². The molecule has 2 nitrogen and oxygen atoms in total. The molecule has 2 atom stereocenters. The van der Waals surface area contributed by atoms with Gasteiger partial charge in [0.1, 0.15) is 0 Å². The Morgan fingerprint density at radius 3 is 2.02 bits per heavy atom. The highest BCUT2D eigenvalue weighted by molar-refractivity contribution is 5.95. The molecule has 49 heavy (non-hydrogen) atoms. The molecule has 0 spiro atoms. The first kappa shape index (κ1) is 31.9. The smallest absolute Gasteiger partial charge is 0.0992 e. The number of anilines is 1. The predicted octanol–water partition coefficient (Wildman–Crippen LogP) is 11.3. The molecule has 0 bridgehead atoms. The molecule has 7 rings (SSSR count). The summed E-state index contributed by atoms with van der Waals surface area (Å²) < 4.78 is 0. The van der Waals surface area contributed by atoms with Crippen molar-refractivity contribution in [3.8, 4) is 6.07 Å². The van der Waals surface area contributed by atoms with Crippen LogP contribution in [0.3, 0.4) is 0 Å². The molecule has 0 aliphatic carbocycles. The summed E-state index contributed by atoms with van der Waals surface area (Å²) in [5.41, 5.74) is 9.23. The van der Waals surface area contributed by atoms with Crippen LogP contribution in [0.1, 0.15) is 41.7 Å². The van der Waals surface area contributed by atoms with E-state index in [9.17, 15) is 5.26 Å². The van der Waals surface area contributed by atoms with Crippen LogP contribution in [0.5, 0.6) is 0 Å². The third-order valence-electron chi connectivity index (χ3n) is 10.7. The van der Waals surface area contributed by atoms with Crippen molar-refractivity contribution in [2.75, 3.05) is 11.9 Å². The zero-order valence-electron chi connectivity index (χ0n) is 28.9. The maximum Gasteiger partial charge on any atom is 0.0992 e. The Labute approximate surface area is 291 Å². The summed E-state index contributed by atoms with van der Waals surface area (Å²) >= 11 is 0. The summed E-state index contributed by atoms with van der Waals surface area (Å²) in [7, 11) is 2.14. The first-order valence-corrected chi connectivity index (χ1v) is 17.1. The van der Waals surface area contributed by atoms with Crippen molar-refractivity contribution in [1.82, 2.24) is 0 Å². The lowest BCUT2D eigenvalue weighted by Crippen LogP contribution is -2.29. The van der Waals surface area contributed by atoms with E-state index < -0.39 is 5.41 Å². The number of nitrogens with zero attached hydrogens (tertiary/aromatic N) is 2. The summed E-state index contributed by atoms with van der Waals surface area (Å²) in [6, 6.07) is 50.0. The van der Waals surface area contributed by atoms with Crippen LogP contribution in [0, 0.1) is 18.3 Å². The number of fused-ring (bicyclic) bond motifs is 4. The van der Waals surface area contributed by atoms with Crippen LogP contribution in [0.25, 0.3) is 21.5 Å². The van der Waals surface area contributed by atoms with E-state index in [0.717, 1.165) is 24.1 Å². The van der Waals surface area contributed by atoms with Crippen molar-refractivity contribution >= 4 is 27.2 Å². The van der Waals surface area contributed by atoms with E-state index in [1.54, 1.807) is 0 Å². The molecule has 0 saturated heterocycles. The molecular formula is C47H42N2. The molecule has 2 heteroatoms. The van der Waals surface area contributed by atoms with E-state index in [1.165, 1.54) is 55.0 Å². The van der Waals surface area contributed by atoms with Gasteiger partial charge in [-0.2, -0.15) is 5.26 Å². The average Bonchev–Trinajstić information content (AvgIpc) is 3.33. The van der Waals surface area contributed by atoms with Crippen LogP contribution in [0.15, 0.2) is 169 Å². The first-order chi connectivity index (χ1) is 23.7. The number of hydrogen-bond acceptors (Lipinski definition) is 2. The topological polar surface area (TPSA) is 27.0 Å². The standard InChI is InChI=1S/C47H42N2/c1-33-24-25-38-20-12-14-22-40(38)44(33)46(3,30-35-16-8-6-9-17-35)34(2)28-37(32-48)29-43-47(4,31-36-18-10-7-11-19-36)45-41-23-15-13-21-39(41)26-27-42(45)49(43)5/h6-29H,2,30-31H2,1,3-5H3. The Morgan fingerprint density at radius 2 is 1.35 bits per heavy atom. The molecule has 0 saturated carbocycles. The molecule has 1 aliphatic heterocycles. The third kappa shape index (κ3) is 5.66. The maximum absolute atomic E-state index is 10.8.